The summed E-state index contributed by atoms with van der Waals surface area (Å²) in [6.45, 7) is 10.2. The molecule has 0 radical (unpaired) electrons. The van der Waals surface area contributed by atoms with Gasteiger partial charge in [0.15, 0.2) is 0 Å². The monoisotopic (exact) mass is 173 g/mol. The van der Waals surface area contributed by atoms with Crippen molar-refractivity contribution in [2.24, 2.45) is 10.3 Å². The van der Waals surface area contributed by atoms with Crippen LogP contribution in [-0.4, -0.2) is 24.6 Å². The Morgan fingerprint density at radius 2 is 1.58 bits per heavy atom. The molecule has 0 aromatic carbocycles. The molecule has 0 saturated carbocycles. The van der Waals surface area contributed by atoms with E-state index in [0.29, 0.717) is 0 Å². The van der Waals surface area contributed by atoms with Crippen LogP contribution in [0.2, 0.25) is 0 Å². The van der Waals surface area contributed by atoms with Gasteiger partial charge in [0.2, 0.25) is 0 Å². The predicted octanol–water partition coefficient (Wildman–Crippen LogP) is 3.13. The van der Waals surface area contributed by atoms with Gasteiger partial charge in [-0.1, -0.05) is 26.0 Å². The van der Waals surface area contributed by atoms with Gasteiger partial charge in [-0.2, -0.15) is 5.11 Å². The van der Waals surface area contributed by atoms with Gasteiger partial charge in [0, 0.05) is 14.1 Å². The summed E-state index contributed by atoms with van der Waals surface area (Å²) in [6, 6.07) is 0. The van der Waals surface area contributed by atoms with Gasteiger partial charge in [-0.3, -0.25) is 5.01 Å². The molecule has 0 rings (SSSR count). The Morgan fingerprint density at radius 3 is 1.83 bits per heavy atom. The Kier molecular flexibility index (Phi) is 8.22. The van der Waals surface area contributed by atoms with Crippen molar-refractivity contribution in [3.05, 3.63) is 0 Å². The first-order chi connectivity index (χ1) is 5.48. The van der Waals surface area contributed by atoms with Crippen LogP contribution in [0, 0.1) is 0 Å². The summed E-state index contributed by atoms with van der Waals surface area (Å²) in [7, 11) is 3.74. The van der Waals surface area contributed by atoms with Crippen LogP contribution in [0.25, 0.3) is 0 Å². The molecule has 3 heteroatoms. The van der Waals surface area contributed by atoms with Gasteiger partial charge >= 0.3 is 0 Å². The third-order valence-electron chi connectivity index (χ3n) is 1.36. The van der Waals surface area contributed by atoms with Crippen LogP contribution >= 0.6 is 0 Å². The molecular formula is C9H23N3. The molecule has 0 spiro atoms. The number of hydrogen-bond donors (Lipinski definition) is 0. The largest absolute Gasteiger partial charge is 0.285 e. The summed E-state index contributed by atoms with van der Waals surface area (Å²) in [5, 5.41) is 9.76. The molecule has 74 valence electrons. The summed E-state index contributed by atoms with van der Waals surface area (Å²) < 4.78 is 0. The molecule has 0 bridgehead atoms. The highest BCUT2D eigenvalue weighted by atomic mass is 15.5. The maximum atomic E-state index is 4.12. The molecule has 0 aliphatic carbocycles. The minimum Gasteiger partial charge on any atom is -0.285 e. The zero-order valence-corrected chi connectivity index (χ0v) is 9.55. The van der Waals surface area contributed by atoms with Gasteiger partial charge in [-0.25, -0.2) is 0 Å². The van der Waals surface area contributed by atoms with E-state index in [9.17, 15) is 0 Å². The fourth-order valence-electron chi connectivity index (χ4n) is 0.281. The molecule has 0 aromatic heterocycles. The molecule has 0 N–H and O–H groups in total. The zero-order chi connectivity index (χ0) is 10.2. The quantitative estimate of drug-likeness (QED) is 0.476. The van der Waals surface area contributed by atoms with E-state index in [-0.39, 0.29) is 5.54 Å². The van der Waals surface area contributed by atoms with E-state index >= 15 is 0 Å². The standard InChI is InChI=1S/C7H17N3.C2H6/c1-6-7(2,3)8-9-10(4)5;1-2/h6H2,1-5H3;1-2H3. The van der Waals surface area contributed by atoms with Crippen LogP contribution in [0.4, 0.5) is 0 Å². The number of nitrogens with zero attached hydrogens (tertiary/aromatic N) is 3. The number of hydrogen-bond acceptors (Lipinski definition) is 2. The van der Waals surface area contributed by atoms with E-state index in [1.807, 2.05) is 27.9 Å². The second kappa shape index (κ2) is 7.07. The number of rotatable bonds is 3. The van der Waals surface area contributed by atoms with Crippen molar-refractivity contribution in [2.45, 2.75) is 46.6 Å². The SMILES string of the molecule is CC.CCC(C)(C)N=NN(C)C. The average Bonchev–Trinajstić information content (AvgIpc) is 2.05. The van der Waals surface area contributed by atoms with Crippen LogP contribution < -0.4 is 0 Å². The first kappa shape index (κ1) is 14.0. The molecule has 0 heterocycles. The fourth-order valence-corrected chi connectivity index (χ4v) is 0.281. The fraction of sp³-hybridized carbons (Fsp3) is 1.00. The lowest BCUT2D eigenvalue weighted by Crippen LogP contribution is -2.15. The van der Waals surface area contributed by atoms with Gasteiger partial charge < -0.3 is 0 Å². The van der Waals surface area contributed by atoms with Crippen molar-refractivity contribution in [1.82, 2.24) is 5.01 Å². The topological polar surface area (TPSA) is 28.0 Å². The van der Waals surface area contributed by atoms with Crippen molar-refractivity contribution >= 4 is 0 Å². The van der Waals surface area contributed by atoms with Crippen LogP contribution in [0.3, 0.4) is 0 Å². The van der Waals surface area contributed by atoms with Gasteiger partial charge in [0.1, 0.15) is 0 Å². The normalized spacial score (nSPS) is 10.9. The van der Waals surface area contributed by atoms with Crippen LogP contribution in [0.5, 0.6) is 0 Å². The van der Waals surface area contributed by atoms with Crippen molar-refractivity contribution < 1.29 is 0 Å². The van der Waals surface area contributed by atoms with E-state index < -0.39 is 0 Å². The molecule has 0 atom stereocenters. The maximum absolute atomic E-state index is 4.12. The van der Waals surface area contributed by atoms with Gasteiger partial charge in [-0.15, -0.1) is 0 Å². The molecule has 12 heavy (non-hydrogen) atoms. The maximum Gasteiger partial charge on any atom is 0.0778 e. The second-order valence-corrected chi connectivity index (χ2v) is 3.20. The van der Waals surface area contributed by atoms with E-state index in [1.165, 1.54) is 0 Å². The second-order valence-electron chi connectivity index (χ2n) is 3.20. The third-order valence-corrected chi connectivity index (χ3v) is 1.36. The smallest absolute Gasteiger partial charge is 0.0778 e. The summed E-state index contributed by atoms with van der Waals surface area (Å²) in [4.78, 5) is 0. The van der Waals surface area contributed by atoms with E-state index in [2.05, 4.69) is 31.1 Å². The molecule has 0 fully saturated rings. The van der Waals surface area contributed by atoms with E-state index in [0.717, 1.165) is 6.42 Å². The van der Waals surface area contributed by atoms with E-state index in [1.54, 1.807) is 5.01 Å². The van der Waals surface area contributed by atoms with Crippen molar-refractivity contribution in [3.8, 4) is 0 Å². The summed E-state index contributed by atoms with van der Waals surface area (Å²) >= 11 is 0. The lowest BCUT2D eigenvalue weighted by Gasteiger charge is -2.15. The summed E-state index contributed by atoms with van der Waals surface area (Å²) in [5.41, 5.74) is -0.00965. The molecule has 0 aliphatic rings. The van der Waals surface area contributed by atoms with Crippen molar-refractivity contribution in [2.75, 3.05) is 14.1 Å². The molecule has 0 unspecified atom stereocenters. The highest BCUT2D eigenvalue weighted by Crippen LogP contribution is 2.13. The Hall–Kier alpha value is -0.600. The van der Waals surface area contributed by atoms with Gasteiger partial charge in [-0.05, 0) is 20.3 Å². The first-order valence-corrected chi connectivity index (χ1v) is 4.58. The molecule has 0 aliphatic heterocycles. The Balaban J connectivity index is 0. The average molecular weight is 173 g/mol. The summed E-state index contributed by atoms with van der Waals surface area (Å²) in [6.07, 6.45) is 1.02. The van der Waals surface area contributed by atoms with Crippen LogP contribution in [0.15, 0.2) is 10.3 Å². The lowest BCUT2D eigenvalue weighted by atomic mass is 10.0. The minimum absolute atomic E-state index is 0.00965. The third kappa shape index (κ3) is 9.40. The molecular weight excluding hydrogens is 150 g/mol. The Bertz CT molecular complexity index is 117. The molecule has 0 saturated heterocycles. The summed E-state index contributed by atoms with van der Waals surface area (Å²) in [5.74, 6) is 0. The molecule has 0 aromatic rings. The van der Waals surface area contributed by atoms with Crippen LogP contribution in [-0.2, 0) is 0 Å². The van der Waals surface area contributed by atoms with Gasteiger partial charge in [0.05, 0.1) is 5.54 Å². The Morgan fingerprint density at radius 1 is 1.17 bits per heavy atom. The molecule has 0 amide bonds. The van der Waals surface area contributed by atoms with E-state index in [4.69, 9.17) is 0 Å². The lowest BCUT2D eigenvalue weighted by molar-refractivity contribution is 0.352. The first-order valence-electron chi connectivity index (χ1n) is 4.58. The highest BCUT2D eigenvalue weighted by molar-refractivity contribution is 4.71. The minimum atomic E-state index is -0.00965. The molecule has 3 nitrogen and oxygen atoms in total. The predicted molar refractivity (Wildman–Crippen MR) is 54.3 cm³/mol. The Labute approximate surface area is 76.8 Å². The van der Waals surface area contributed by atoms with Gasteiger partial charge in [0.25, 0.3) is 0 Å². The highest BCUT2D eigenvalue weighted by Gasteiger charge is 2.12. The van der Waals surface area contributed by atoms with Crippen molar-refractivity contribution in [1.29, 1.82) is 0 Å². The van der Waals surface area contributed by atoms with Crippen molar-refractivity contribution in [3.63, 3.8) is 0 Å². The van der Waals surface area contributed by atoms with Crippen LogP contribution in [0.1, 0.15) is 41.0 Å². The zero-order valence-electron chi connectivity index (χ0n) is 9.55.